The maximum absolute atomic E-state index is 9.00. The first-order valence-electron chi connectivity index (χ1n) is 6.42. The number of hydrogen-bond donors (Lipinski definition) is 1. The van der Waals surface area contributed by atoms with Crippen molar-refractivity contribution < 1.29 is 9.63 Å². The van der Waals surface area contributed by atoms with Crippen LogP contribution in [0, 0.1) is 0 Å². The Labute approximate surface area is 110 Å². The highest BCUT2D eigenvalue weighted by molar-refractivity contribution is 5.39. The summed E-state index contributed by atoms with van der Waals surface area (Å²) in [4.78, 5) is 6.45. The first-order valence-corrected chi connectivity index (χ1v) is 6.42. The average Bonchev–Trinajstić information content (AvgIpc) is 3.03. The van der Waals surface area contributed by atoms with Crippen LogP contribution in [0.3, 0.4) is 0 Å². The number of anilines is 1. The van der Waals surface area contributed by atoms with Gasteiger partial charge >= 0.3 is 0 Å². The summed E-state index contributed by atoms with van der Waals surface area (Å²) in [6.07, 6.45) is 1.84. The van der Waals surface area contributed by atoms with Gasteiger partial charge in [0.05, 0.1) is 31.6 Å². The summed E-state index contributed by atoms with van der Waals surface area (Å²) >= 11 is 0. The van der Waals surface area contributed by atoms with Crippen molar-refractivity contribution in [1.29, 1.82) is 0 Å². The van der Waals surface area contributed by atoms with Crippen molar-refractivity contribution in [3.05, 3.63) is 23.3 Å². The maximum atomic E-state index is 9.00. The fourth-order valence-corrected chi connectivity index (χ4v) is 2.23. The molecule has 0 saturated heterocycles. The highest BCUT2D eigenvalue weighted by atomic mass is 16.5. The Morgan fingerprint density at radius 1 is 1.42 bits per heavy atom. The summed E-state index contributed by atoms with van der Waals surface area (Å²) in [6.45, 7) is 6.09. The molecule has 0 aliphatic carbocycles. The fraction of sp³-hybridized carbons (Fsp3) is 0.583. The molecule has 0 atom stereocenters. The molecule has 0 aromatic carbocycles. The molecule has 0 saturated carbocycles. The minimum absolute atomic E-state index is 0.0911. The Morgan fingerprint density at radius 2 is 2.26 bits per heavy atom. The molecule has 3 heterocycles. The monoisotopic (exact) mass is 263 g/mol. The number of rotatable bonds is 4. The van der Waals surface area contributed by atoms with Crippen molar-refractivity contribution in [3.8, 4) is 0 Å². The Hall–Kier alpha value is -1.89. The lowest BCUT2D eigenvalue weighted by Crippen LogP contribution is -2.18. The number of nitrogens with zero attached hydrogens (tertiary/aromatic N) is 5. The molecule has 0 radical (unpaired) electrons. The predicted octanol–water partition coefficient (Wildman–Crippen LogP) is 0.902. The molecule has 1 aliphatic rings. The van der Waals surface area contributed by atoms with Crippen molar-refractivity contribution in [3.63, 3.8) is 0 Å². The second kappa shape index (κ2) is 4.65. The van der Waals surface area contributed by atoms with E-state index in [1.807, 2.05) is 24.7 Å². The van der Waals surface area contributed by atoms with Gasteiger partial charge < -0.3 is 14.5 Å². The van der Waals surface area contributed by atoms with Crippen LogP contribution in [0.5, 0.6) is 0 Å². The molecule has 1 aliphatic heterocycles. The molecule has 19 heavy (non-hydrogen) atoms. The van der Waals surface area contributed by atoms with Gasteiger partial charge in [0.1, 0.15) is 0 Å². The van der Waals surface area contributed by atoms with E-state index in [-0.39, 0.29) is 12.5 Å². The number of hydrogen-bond acceptors (Lipinski definition) is 6. The SMILES string of the molecule is CC(C)c1nc(N2Cc3cnn(CCO)c3C2)no1. The zero-order chi connectivity index (χ0) is 13.4. The lowest BCUT2D eigenvalue weighted by molar-refractivity contribution is 0.267. The van der Waals surface area contributed by atoms with E-state index in [1.165, 1.54) is 0 Å². The number of aromatic nitrogens is 4. The van der Waals surface area contributed by atoms with Crippen LogP contribution in [0.2, 0.25) is 0 Å². The first kappa shape index (κ1) is 12.2. The third-order valence-electron chi connectivity index (χ3n) is 3.26. The van der Waals surface area contributed by atoms with Crippen LogP contribution >= 0.6 is 0 Å². The topological polar surface area (TPSA) is 80.2 Å². The van der Waals surface area contributed by atoms with Crippen molar-refractivity contribution in [2.75, 3.05) is 11.5 Å². The molecule has 7 heteroatoms. The van der Waals surface area contributed by atoms with Crippen LogP contribution in [-0.4, -0.2) is 31.6 Å². The molecule has 102 valence electrons. The number of aliphatic hydroxyl groups excluding tert-OH is 1. The van der Waals surface area contributed by atoms with E-state index in [0.717, 1.165) is 17.8 Å². The highest BCUT2D eigenvalue weighted by Gasteiger charge is 2.27. The smallest absolute Gasteiger partial charge is 0.266 e. The molecular weight excluding hydrogens is 246 g/mol. The Bertz CT molecular complexity index is 574. The van der Waals surface area contributed by atoms with Crippen molar-refractivity contribution in [2.24, 2.45) is 0 Å². The first-order chi connectivity index (χ1) is 9.19. The molecule has 0 spiro atoms. The summed E-state index contributed by atoms with van der Waals surface area (Å²) in [5.41, 5.74) is 2.27. The van der Waals surface area contributed by atoms with Gasteiger partial charge in [0, 0.05) is 18.0 Å². The minimum Gasteiger partial charge on any atom is -0.394 e. The lowest BCUT2D eigenvalue weighted by atomic mass is 10.2. The predicted molar refractivity (Wildman–Crippen MR) is 67.6 cm³/mol. The van der Waals surface area contributed by atoms with E-state index in [2.05, 4.69) is 20.1 Å². The van der Waals surface area contributed by atoms with Crippen molar-refractivity contribution in [1.82, 2.24) is 19.9 Å². The van der Waals surface area contributed by atoms with E-state index < -0.39 is 0 Å². The van der Waals surface area contributed by atoms with E-state index in [0.29, 0.717) is 24.9 Å². The molecule has 7 nitrogen and oxygen atoms in total. The molecule has 0 bridgehead atoms. The molecule has 1 N–H and O–H groups in total. The molecule has 3 rings (SSSR count). The maximum Gasteiger partial charge on any atom is 0.266 e. The fourth-order valence-electron chi connectivity index (χ4n) is 2.23. The van der Waals surface area contributed by atoms with Crippen molar-refractivity contribution >= 4 is 5.95 Å². The van der Waals surface area contributed by atoms with E-state index in [9.17, 15) is 0 Å². The Morgan fingerprint density at radius 3 is 2.95 bits per heavy atom. The van der Waals surface area contributed by atoms with Crippen LogP contribution in [0.15, 0.2) is 10.7 Å². The van der Waals surface area contributed by atoms with Crippen LogP contribution in [0.4, 0.5) is 5.95 Å². The van der Waals surface area contributed by atoms with Crippen LogP contribution in [0.1, 0.15) is 36.9 Å². The van der Waals surface area contributed by atoms with Crippen LogP contribution < -0.4 is 4.90 Å². The van der Waals surface area contributed by atoms with E-state index in [4.69, 9.17) is 9.63 Å². The van der Waals surface area contributed by atoms with Gasteiger partial charge in [-0.25, -0.2) is 0 Å². The Kier molecular flexibility index (Phi) is 2.98. The second-order valence-corrected chi connectivity index (χ2v) is 5.01. The summed E-state index contributed by atoms with van der Waals surface area (Å²) < 4.78 is 7.06. The third-order valence-corrected chi connectivity index (χ3v) is 3.26. The molecule has 0 unspecified atom stereocenters. The van der Waals surface area contributed by atoms with Gasteiger partial charge in [-0.15, -0.1) is 0 Å². The van der Waals surface area contributed by atoms with Gasteiger partial charge in [-0.2, -0.15) is 10.1 Å². The van der Waals surface area contributed by atoms with Gasteiger partial charge in [-0.3, -0.25) is 4.68 Å². The lowest BCUT2D eigenvalue weighted by Gasteiger charge is -2.12. The van der Waals surface area contributed by atoms with Gasteiger partial charge in [-0.05, 0) is 5.16 Å². The number of fused-ring (bicyclic) bond motifs is 1. The standard InChI is InChI=1S/C12H17N5O2/c1-8(2)11-14-12(15-19-11)16-6-9-5-13-17(3-4-18)10(9)7-16/h5,8,18H,3-4,6-7H2,1-2H3. The zero-order valence-electron chi connectivity index (χ0n) is 11.1. The molecule has 0 amide bonds. The minimum atomic E-state index is 0.0911. The summed E-state index contributed by atoms with van der Waals surface area (Å²) in [6, 6.07) is 0. The molecule has 0 fully saturated rings. The van der Waals surface area contributed by atoms with E-state index >= 15 is 0 Å². The largest absolute Gasteiger partial charge is 0.394 e. The van der Waals surface area contributed by atoms with Crippen molar-refractivity contribution in [2.45, 2.75) is 39.4 Å². The normalized spacial score (nSPS) is 14.4. The van der Waals surface area contributed by atoms with Gasteiger partial charge in [0.2, 0.25) is 5.89 Å². The molecule has 2 aromatic heterocycles. The third kappa shape index (κ3) is 2.10. The second-order valence-electron chi connectivity index (χ2n) is 5.01. The highest BCUT2D eigenvalue weighted by Crippen LogP contribution is 2.27. The zero-order valence-corrected chi connectivity index (χ0v) is 11.1. The average molecular weight is 263 g/mol. The summed E-state index contributed by atoms with van der Waals surface area (Å²) in [5, 5.41) is 17.3. The van der Waals surface area contributed by atoms with Gasteiger partial charge in [0.25, 0.3) is 5.95 Å². The number of aliphatic hydroxyl groups is 1. The van der Waals surface area contributed by atoms with Gasteiger partial charge in [-0.1, -0.05) is 13.8 Å². The summed E-state index contributed by atoms with van der Waals surface area (Å²) in [7, 11) is 0. The quantitative estimate of drug-likeness (QED) is 0.882. The van der Waals surface area contributed by atoms with Crippen LogP contribution in [-0.2, 0) is 19.6 Å². The van der Waals surface area contributed by atoms with Crippen LogP contribution in [0.25, 0.3) is 0 Å². The van der Waals surface area contributed by atoms with E-state index in [1.54, 1.807) is 0 Å². The molecule has 2 aromatic rings. The summed E-state index contributed by atoms with van der Waals surface area (Å²) in [5.74, 6) is 1.51. The Balaban J connectivity index is 1.79. The molecular formula is C12H17N5O2. The van der Waals surface area contributed by atoms with Gasteiger partial charge in [0.15, 0.2) is 0 Å².